The van der Waals surface area contributed by atoms with Crippen molar-refractivity contribution in [1.29, 1.82) is 0 Å². The minimum absolute atomic E-state index is 0.480. The summed E-state index contributed by atoms with van der Waals surface area (Å²) in [7, 11) is 1.64. The molecule has 0 amide bonds. The second kappa shape index (κ2) is 4.17. The minimum Gasteiger partial charge on any atom is -0.497 e. The Morgan fingerprint density at radius 1 is 1.38 bits per heavy atom. The molecular weight excluding hydrogens is 270 g/mol. The summed E-state index contributed by atoms with van der Waals surface area (Å²) >= 11 is 3.50. The maximum absolute atomic E-state index is 5.59. The van der Waals surface area contributed by atoms with Gasteiger partial charge in [-0.15, -0.1) is 0 Å². The van der Waals surface area contributed by atoms with E-state index in [0.29, 0.717) is 5.82 Å². The molecule has 1 heterocycles. The van der Waals surface area contributed by atoms with Crippen molar-refractivity contribution in [1.82, 2.24) is 10.2 Å². The van der Waals surface area contributed by atoms with Gasteiger partial charge < -0.3 is 10.5 Å². The Kier molecular flexibility index (Phi) is 2.87. The van der Waals surface area contributed by atoms with Crippen molar-refractivity contribution >= 4 is 21.7 Å². The molecule has 0 aliphatic rings. The van der Waals surface area contributed by atoms with Gasteiger partial charge in [0.25, 0.3) is 0 Å². The number of nitrogens with one attached hydrogen (secondary N) is 1. The Balaban J connectivity index is 2.59. The van der Waals surface area contributed by atoms with E-state index in [1.54, 1.807) is 13.2 Å². The highest BCUT2D eigenvalue weighted by Crippen LogP contribution is 2.32. The van der Waals surface area contributed by atoms with Gasteiger partial charge in [-0.3, -0.25) is 5.10 Å². The fourth-order valence-electron chi connectivity index (χ4n) is 1.53. The van der Waals surface area contributed by atoms with Gasteiger partial charge in [-0.25, -0.2) is 0 Å². The first-order valence-corrected chi connectivity index (χ1v) is 5.56. The van der Waals surface area contributed by atoms with E-state index in [9.17, 15) is 0 Å². The number of hydrogen-bond donors (Lipinski definition) is 2. The van der Waals surface area contributed by atoms with Crippen LogP contribution in [-0.4, -0.2) is 17.3 Å². The number of nitrogen functional groups attached to an aromatic ring is 1. The van der Waals surface area contributed by atoms with Crippen molar-refractivity contribution in [3.05, 3.63) is 28.2 Å². The summed E-state index contributed by atoms with van der Waals surface area (Å²) in [6.07, 6.45) is 0. The molecule has 0 aliphatic heterocycles. The smallest absolute Gasteiger partial charge is 0.145 e. The lowest BCUT2D eigenvalue weighted by Gasteiger charge is -2.08. The van der Waals surface area contributed by atoms with Crippen LogP contribution in [0, 0.1) is 6.92 Å². The predicted octanol–water partition coefficient (Wildman–Crippen LogP) is 2.74. The zero-order valence-corrected chi connectivity index (χ0v) is 10.6. The fraction of sp³-hybridized carbons (Fsp3) is 0.182. The zero-order valence-electron chi connectivity index (χ0n) is 9.04. The summed E-state index contributed by atoms with van der Waals surface area (Å²) in [6.45, 7) is 2.02. The van der Waals surface area contributed by atoms with Gasteiger partial charge in [-0.05, 0) is 24.6 Å². The molecule has 0 radical (unpaired) electrons. The van der Waals surface area contributed by atoms with Gasteiger partial charge in [0.2, 0.25) is 0 Å². The van der Waals surface area contributed by atoms with Crippen molar-refractivity contribution in [3.63, 3.8) is 0 Å². The second-order valence-electron chi connectivity index (χ2n) is 3.49. The largest absolute Gasteiger partial charge is 0.497 e. The quantitative estimate of drug-likeness (QED) is 0.890. The molecule has 5 heteroatoms. The molecule has 0 atom stereocenters. The van der Waals surface area contributed by atoms with Gasteiger partial charge in [0.05, 0.1) is 12.8 Å². The van der Waals surface area contributed by atoms with E-state index in [0.717, 1.165) is 27.0 Å². The number of halogens is 1. The average Bonchev–Trinajstić information content (AvgIpc) is 2.68. The Hall–Kier alpha value is -1.49. The van der Waals surface area contributed by atoms with E-state index < -0.39 is 0 Å². The number of benzene rings is 1. The maximum atomic E-state index is 5.59. The lowest BCUT2D eigenvalue weighted by molar-refractivity contribution is 0.414. The monoisotopic (exact) mass is 281 g/mol. The summed E-state index contributed by atoms with van der Waals surface area (Å²) in [5.41, 5.74) is 8.61. The highest BCUT2D eigenvalue weighted by molar-refractivity contribution is 9.10. The molecule has 84 valence electrons. The number of anilines is 1. The van der Waals surface area contributed by atoms with E-state index >= 15 is 0 Å². The van der Waals surface area contributed by atoms with Gasteiger partial charge in [0, 0.05) is 16.1 Å². The highest BCUT2D eigenvalue weighted by atomic mass is 79.9. The van der Waals surface area contributed by atoms with Crippen molar-refractivity contribution in [2.45, 2.75) is 6.92 Å². The molecule has 0 saturated carbocycles. The first-order valence-electron chi connectivity index (χ1n) is 4.77. The van der Waals surface area contributed by atoms with Crippen LogP contribution in [0.5, 0.6) is 5.75 Å². The van der Waals surface area contributed by atoms with Crippen LogP contribution in [0.15, 0.2) is 22.7 Å². The molecule has 0 saturated heterocycles. The van der Waals surface area contributed by atoms with Gasteiger partial charge in [-0.2, -0.15) is 5.10 Å². The summed E-state index contributed by atoms with van der Waals surface area (Å²) in [4.78, 5) is 0. The number of aromatic nitrogens is 2. The van der Waals surface area contributed by atoms with Crippen LogP contribution in [0.1, 0.15) is 5.56 Å². The van der Waals surface area contributed by atoms with Crippen molar-refractivity contribution in [3.8, 4) is 17.0 Å². The summed E-state index contributed by atoms with van der Waals surface area (Å²) < 4.78 is 6.22. The number of methoxy groups -OCH3 is 1. The topological polar surface area (TPSA) is 63.9 Å². The van der Waals surface area contributed by atoms with Gasteiger partial charge in [-0.1, -0.05) is 15.9 Å². The molecule has 0 fully saturated rings. The Bertz CT molecular complexity index is 522. The highest BCUT2D eigenvalue weighted by Gasteiger charge is 2.10. The second-order valence-corrected chi connectivity index (χ2v) is 4.34. The molecule has 16 heavy (non-hydrogen) atoms. The maximum Gasteiger partial charge on any atom is 0.145 e. The van der Waals surface area contributed by atoms with Crippen molar-refractivity contribution in [2.75, 3.05) is 12.8 Å². The third-order valence-electron chi connectivity index (χ3n) is 2.44. The number of ether oxygens (including phenoxy) is 1. The number of hydrogen-bond acceptors (Lipinski definition) is 3. The minimum atomic E-state index is 0.480. The third-order valence-corrected chi connectivity index (χ3v) is 3.27. The lowest BCUT2D eigenvalue weighted by Crippen LogP contribution is -1.89. The van der Waals surface area contributed by atoms with Gasteiger partial charge in [0.15, 0.2) is 0 Å². The summed E-state index contributed by atoms with van der Waals surface area (Å²) in [6, 6.07) is 5.68. The molecular formula is C11H12BrN3O. The van der Waals surface area contributed by atoms with Crippen molar-refractivity contribution < 1.29 is 4.74 Å². The van der Waals surface area contributed by atoms with Crippen LogP contribution in [0.4, 0.5) is 5.82 Å². The molecule has 2 rings (SSSR count). The zero-order chi connectivity index (χ0) is 11.7. The lowest BCUT2D eigenvalue weighted by atomic mass is 10.1. The van der Waals surface area contributed by atoms with E-state index in [1.165, 1.54) is 0 Å². The fourth-order valence-corrected chi connectivity index (χ4v) is 1.97. The first-order chi connectivity index (χ1) is 7.61. The average molecular weight is 282 g/mol. The van der Waals surface area contributed by atoms with Crippen LogP contribution < -0.4 is 10.5 Å². The van der Waals surface area contributed by atoms with E-state index in [2.05, 4.69) is 26.1 Å². The SMILES string of the molecule is COc1cc(Br)c(C)c(-c2cc(N)n[nH]2)c1. The van der Waals surface area contributed by atoms with E-state index in [-0.39, 0.29) is 0 Å². The van der Waals surface area contributed by atoms with Crippen LogP contribution in [0.25, 0.3) is 11.3 Å². The van der Waals surface area contributed by atoms with Crippen LogP contribution in [-0.2, 0) is 0 Å². The Labute approximate surface area is 102 Å². The number of rotatable bonds is 2. The normalized spacial score (nSPS) is 10.4. The van der Waals surface area contributed by atoms with E-state index in [1.807, 2.05) is 19.1 Å². The summed E-state index contributed by atoms with van der Waals surface area (Å²) in [5, 5.41) is 6.81. The number of nitrogens with zero attached hydrogens (tertiary/aromatic N) is 1. The van der Waals surface area contributed by atoms with Crippen LogP contribution >= 0.6 is 15.9 Å². The molecule has 2 aromatic rings. The standard InChI is InChI=1S/C11H12BrN3O/c1-6-8(10-5-11(13)15-14-10)3-7(16-2)4-9(6)12/h3-5H,1-2H3,(H3,13,14,15). The Morgan fingerprint density at radius 3 is 2.69 bits per heavy atom. The van der Waals surface area contributed by atoms with Crippen LogP contribution in [0.2, 0.25) is 0 Å². The predicted molar refractivity (Wildman–Crippen MR) is 67.4 cm³/mol. The molecule has 1 aromatic heterocycles. The molecule has 0 unspecified atom stereocenters. The molecule has 1 aromatic carbocycles. The molecule has 0 aliphatic carbocycles. The summed E-state index contributed by atoms with van der Waals surface area (Å²) in [5.74, 6) is 1.27. The first kappa shape index (κ1) is 11.0. The molecule has 3 N–H and O–H groups in total. The molecule has 4 nitrogen and oxygen atoms in total. The van der Waals surface area contributed by atoms with E-state index in [4.69, 9.17) is 10.5 Å². The van der Waals surface area contributed by atoms with Gasteiger partial charge >= 0.3 is 0 Å². The molecule has 0 spiro atoms. The third kappa shape index (κ3) is 1.90. The van der Waals surface area contributed by atoms with Crippen molar-refractivity contribution in [2.24, 2.45) is 0 Å². The number of H-pyrrole nitrogens is 1. The Morgan fingerprint density at radius 2 is 2.12 bits per heavy atom. The van der Waals surface area contributed by atoms with Gasteiger partial charge in [0.1, 0.15) is 11.6 Å². The molecule has 0 bridgehead atoms. The van der Waals surface area contributed by atoms with Crippen LogP contribution in [0.3, 0.4) is 0 Å². The number of nitrogens with two attached hydrogens (primary N) is 1. The number of aromatic amines is 1.